The van der Waals surface area contributed by atoms with E-state index in [1.807, 2.05) is 6.08 Å². The van der Waals surface area contributed by atoms with Crippen LogP contribution in [0.2, 0.25) is 0 Å². The first-order chi connectivity index (χ1) is 6.42. The third kappa shape index (κ3) is 3.10. The van der Waals surface area contributed by atoms with Crippen LogP contribution in [-0.2, 0) is 9.84 Å². The van der Waals surface area contributed by atoms with E-state index < -0.39 is 9.84 Å². The fraction of sp³-hybridized carbons (Fsp3) is 0.800. The Balaban J connectivity index is 2.55. The van der Waals surface area contributed by atoms with Gasteiger partial charge in [0, 0.05) is 6.04 Å². The lowest BCUT2D eigenvalue weighted by molar-refractivity contribution is 0.590. The zero-order valence-electron chi connectivity index (χ0n) is 8.86. The topological polar surface area (TPSA) is 60.2 Å². The van der Waals surface area contributed by atoms with E-state index in [0.29, 0.717) is 0 Å². The fourth-order valence-corrected chi connectivity index (χ4v) is 2.38. The molecule has 0 bridgehead atoms. The highest BCUT2D eigenvalue weighted by atomic mass is 32.2. The maximum atomic E-state index is 11.5. The van der Waals surface area contributed by atoms with E-state index in [2.05, 4.69) is 0 Å². The van der Waals surface area contributed by atoms with Crippen LogP contribution in [0.1, 0.15) is 33.1 Å². The van der Waals surface area contributed by atoms with Crippen molar-refractivity contribution in [3.63, 3.8) is 0 Å². The first-order valence-corrected chi connectivity index (χ1v) is 6.78. The molecule has 3 nitrogen and oxygen atoms in total. The van der Waals surface area contributed by atoms with Gasteiger partial charge in [-0.3, -0.25) is 0 Å². The monoisotopic (exact) mass is 217 g/mol. The molecule has 2 N–H and O–H groups in total. The molecular weight excluding hydrogens is 198 g/mol. The summed E-state index contributed by atoms with van der Waals surface area (Å²) in [5.41, 5.74) is 6.94. The molecule has 0 aliphatic heterocycles. The lowest BCUT2D eigenvalue weighted by Crippen LogP contribution is -2.17. The van der Waals surface area contributed by atoms with E-state index >= 15 is 0 Å². The van der Waals surface area contributed by atoms with Gasteiger partial charge in [-0.1, -0.05) is 11.6 Å². The molecule has 0 aromatic carbocycles. The Labute approximate surface area is 86.3 Å². The second-order valence-electron chi connectivity index (χ2n) is 4.24. The fourth-order valence-electron chi connectivity index (χ4n) is 1.52. The first kappa shape index (κ1) is 11.7. The highest BCUT2D eigenvalue weighted by Crippen LogP contribution is 2.23. The van der Waals surface area contributed by atoms with Crippen molar-refractivity contribution in [3.05, 3.63) is 11.6 Å². The molecule has 1 fully saturated rings. The van der Waals surface area contributed by atoms with Gasteiger partial charge in [0.1, 0.15) is 0 Å². The predicted molar refractivity (Wildman–Crippen MR) is 58.8 cm³/mol. The Hall–Kier alpha value is -0.350. The summed E-state index contributed by atoms with van der Waals surface area (Å²) < 4.78 is 23.0. The molecule has 14 heavy (non-hydrogen) atoms. The van der Waals surface area contributed by atoms with E-state index in [0.717, 1.165) is 19.3 Å². The lowest BCUT2D eigenvalue weighted by Gasteiger charge is -2.05. The molecule has 82 valence electrons. The average Bonchev–Trinajstić information content (AvgIpc) is 2.48. The Kier molecular flexibility index (Phi) is 3.72. The van der Waals surface area contributed by atoms with E-state index in [4.69, 9.17) is 5.73 Å². The summed E-state index contributed by atoms with van der Waals surface area (Å²) in [5.74, 6) is 0.173. The van der Waals surface area contributed by atoms with E-state index in [9.17, 15) is 8.42 Å². The molecule has 0 amide bonds. The zero-order chi connectivity index (χ0) is 10.8. The van der Waals surface area contributed by atoms with Crippen LogP contribution in [0.5, 0.6) is 0 Å². The maximum absolute atomic E-state index is 11.5. The van der Waals surface area contributed by atoms with Crippen LogP contribution in [-0.4, -0.2) is 25.5 Å². The molecule has 1 aliphatic carbocycles. The molecule has 0 aromatic heterocycles. The van der Waals surface area contributed by atoms with Crippen LogP contribution in [0.4, 0.5) is 0 Å². The molecule has 4 heteroatoms. The van der Waals surface area contributed by atoms with Gasteiger partial charge in [-0.15, -0.1) is 0 Å². The minimum Gasteiger partial charge on any atom is -0.327 e. The number of hydrogen-bond donors (Lipinski definition) is 1. The van der Waals surface area contributed by atoms with Gasteiger partial charge in [0.25, 0.3) is 0 Å². The van der Waals surface area contributed by atoms with E-state index in [-0.39, 0.29) is 17.0 Å². The van der Waals surface area contributed by atoms with Crippen LogP contribution in [0.3, 0.4) is 0 Å². The highest BCUT2D eigenvalue weighted by Gasteiger charge is 2.18. The average molecular weight is 217 g/mol. The van der Waals surface area contributed by atoms with Gasteiger partial charge in [-0.2, -0.15) is 0 Å². The highest BCUT2D eigenvalue weighted by molar-refractivity contribution is 7.92. The molecule has 0 spiro atoms. The summed E-state index contributed by atoms with van der Waals surface area (Å²) in [4.78, 5) is 0. The minimum absolute atomic E-state index is 0.173. The van der Waals surface area contributed by atoms with Gasteiger partial charge >= 0.3 is 0 Å². The summed E-state index contributed by atoms with van der Waals surface area (Å²) in [5, 5.41) is -0.283. The van der Waals surface area contributed by atoms with Gasteiger partial charge in [0.05, 0.1) is 11.0 Å². The summed E-state index contributed by atoms with van der Waals surface area (Å²) in [7, 11) is -2.92. The summed E-state index contributed by atoms with van der Waals surface area (Å²) in [6.07, 6.45) is 4.68. The van der Waals surface area contributed by atoms with Crippen molar-refractivity contribution in [2.75, 3.05) is 5.75 Å². The first-order valence-electron chi connectivity index (χ1n) is 5.07. The van der Waals surface area contributed by atoms with Gasteiger partial charge < -0.3 is 5.73 Å². The normalized spacial score (nSPS) is 26.3. The second kappa shape index (κ2) is 4.45. The standard InChI is InChI=1S/C10H19NO2S/c1-8(2)14(12,13)6-5-9-3-4-10(11)7-9/h5,8,10H,3-4,6-7,11H2,1-2H3/b9-5-. The molecule has 1 rings (SSSR count). The molecular formula is C10H19NO2S. The van der Waals surface area contributed by atoms with Crippen LogP contribution in [0, 0.1) is 0 Å². The quantitative estimate of drug-likeness (QED) is 0.724. The zero-order valence-corrected chi connectivity index (χ0v) is 9.68. The van der Waals surface area contributed by atoms with Gasteiger partial charge in [0.2, 0.25) is 0 Å². The van der Waals surface area contributed by atoms with Crippen LogP contribution < -0.4 is 5.73 Å². The molecule has 0 saturated heterocycles. The largest absolute Gasteiger partial charge is 0.327 e. The minimum atomic E-state index is -2.92. The number of hydrogen-bond acceptors (Lipinski definition) is 3. The van der Waals surface area contributed by atoms with Crippen molar-refractivity contribution in [2.24, 2.45) is 5.73 Å². The van der Waals surface area contributed by atoms with Crippen molar-refractivity contribution < 1.29 is 8.42 Å². The van der Waals surface area contributed by atoms with E-state index in [1.165, 1.54) is 5.57 Å². The van der Waals surface area contributed by atoms with Crippen molar-refractivity contribution in [3.8, 4) is 0 Å². The molecule has 1 unspecified atom stereocenters. The SMILES string of the molecule is CC(C)S(=O)(=O)C/C=C1/CCC(N)C1. The van der Waals surface area contributed by atoms with Crippen molar-refractivity contribution >= 4 is 9.84 Å². The Morgan fingerprint density at radius 2 is 2.21 bits per heavy atom. The number of rotatable bonds is 3. The Morgan fingerprint density at radius 1 is 1.57 bits per heavy atom. The van der Waals surface area contributed by atoms with Crippen molar-refractivity contribution in [1.82, 2.24) is 0 Å². The number of nitrogens with two attached hydrogens (primary N) is 1. The van der Waals surface area contributed by atoms with Gasteiger partial charge in [-0.05, 0) is 33.1 Å². The molecule has 0 heterocycles. The third-order valence-corrected chi connectivity index (χ3v) is 4.75. The van der Waals surface area contributed by atoms with Crippen molar-refractivity contribution in [1.29, 1.82) is 0 Å². The maximum Gasteiger partial charge on any atom is 0.156 e. The molecule has 0 aromatic rings. The summed E-state index contributed by atoms with van der Waals surface area (Å²) in [6, 6.07) is 0.239. The molecule has 1 saturated carbocycles. The van der Waals surface area contributed by atoms with Crippen LogP contribution in [0.15, 0.2) is 11.6 Å². The molecule has 1 atom stereocenters. The molecule has 1 aliphatic rings. The smallest absolute Gasteiger partial charge is 0.156 e. The third-order valence-electron chi connectivity index (χ3n) is 2.68. The van der Waals surface area contributed by atoms with Crippen molar-refractivity contribution in [2.45, 2.75) is 44.4 Å². The number of sulfone groups is 1. The predicted octanol–water partition coefficient (Wildman–Crippen LogP) is 1.25. The molecule has 0 radical (unpaired) electrons. The Morgan fingerprint density at radius 3 is 2.64 bits per heavy atom. The van der Waals surface area contributed by atoms with Crippen LogP contribution in [0.25, 0.3) is 0 Å². The van der Waals surface area contributed by atoms with Gasteiger partial charge in [0.15, 0.2) is 9.84 Å². The van der Waals surface area contributed by atoms with E-state index in [1.54, 1.807) is 13.8 Å². The summed E-state index contributed by atoms with van der Waals surface area (Å²) in [6.45, 7) is 3.43. The van der Waals surface area contributed by atoms with Crippen LogP contribution >= 0.6 is 0 Å². The second-order valence-corrected chi connectivity index (χ2v) is 6.85. The summed E-state index contributed by atoms with van der Waals surface area (Å²) >= 11 is 0. The Bertz CT molecular complexity index is 317. The lowest BCUT2D eigenvalue weighted by atomic mass is 10.2. The van der Waals surface area contributed by atoms with Gasteiger partial charge in [-0.25, -0.2) is 8.42 Å².